The first-order valence-electron chi connectivity index (χ1n) is 9.74. The van der Waals surface area contributed by atoms with Crippen LogP contribution in [0.2, 0.25) is 0 Å². The largest absolute Gasteiger partial charge is 0.504 e. The van der Waals surface area contributed by atoms with Crippen LogP contribution >= 0.6 is 0 Å². The molecule has 4 rings (SSSR count). The molecule has 1 atom stereocenters. The Hall–Kier alpha value is -4.21. The molecule has 0 saturated carbocycles. The van der Waals surface area contributed by atoms with Gasteiger partial charge in [0.2, 0.25) is 5.95 Å². The molecule has 166 valence electrons. The maximum Gasteiger partial charge on any atom is 0.255 e. The molecule has 0 spiro atoms. The molecule has 1 aromatic heterocycles. The second-order valence-electron chi connectivity index (χ2n) is 7.05. The summed E-state index contributed by atoms with van der Waals surface area (Å²) in [4.78, 5) is 17.7. The van der Waals surface area contributed by atoms with Crippen LogP contribution in [-0.4, -0.2) is 47.1 Å². The second-order valence-corrected chi connectivity index (χ2v) is 7.05. The average Bonchev–Trinajstić information content (AvgIpc) is 3.26. The number of hydrogen-bond donors (Lipinski definition) is 3. The van der Waals surface area contributed by atoms with Gasteiger partial charge in [-0.25, -0.2) is 4.68 Å². The van der Waals surface area contributed by atoms with Crippen molar-refractivity contribution in [1.29, 1.82) is 0 Å². The van der Waals surface area contributed by atoms with Gasteiger partial charge in [-0.3, -0.25) is 4.79 Å². The van der Waals surface area contributed by atoms with Gasteiger partial charge in [-0.2, -0.15) is 10.1 Å². The van der Waals surface area contributed by atoms with Gasteiger partial charge in [0.25, 0.3) is 5.91 Å². The fourth-order valence-corrected chi connectivity index (χ4v) is 3.65. The lowest BCUT2D eigenvalue weighted by Crippen LogP contribution is -2.31. The van der Waals surface area contributed by atoms with E-state index in [1.54, 1.807) is 49.0 Å². The number of methoxy groups -OCH3 is 3. The number of amides is 1. The third-order valence-electron chi connectivity index (χ3n) is 5.22. The molecule has 10 heteroatoms. The average molecular weight is 437 g/mol. The van der Waals surface area contributed by atoms with E-state index in [9.17, 15) is 9.90 Å². The van der Waals surface area contributed by atoms with Crippen molar-refractivity contribution in [3.8, 4) is 23.0 Å². The molecule has 2 heterocycles. The predicted octanol–water partition coefficient (Wildman–Crippen LogP) is 2.94. The SMILES string of the molecule is COc1ccc(NC(=O)C2=C(C)Nc3ncnn3[C@H]2c2ccc(O)c(OC)c2)c(OC)c1. The number of carbonyl (C=O) groups is 1. The van der Waals surface area contributed by atoms with Gasteiger partial charge in [0, 0.05) is 11.8 Å². The number of phenols is 1. The lowest BCUT2D eigenvalue weighted by Gasteiger charge is -2.29. The van der Waals surface area contributed by atoms with Crippen LogP contribution in [0.1, 0.15) is 18.5 Å². The number of allylic oxidation sites excluding steroid dienone is 1. The highest BCUT2D eigenvalue weighted by Gasteiger charge is 2.34. The number of phenolic OH excluding ortho intramolecular Hbond substituents is 1. The molecule has 0 radical (unpaired) electrons. The van der Waals surface area contributed by atoms with E-state index in [0.29, 0.717) is 40.0 Å². The molecule has 32 heavy (non-hydrogen) atoms. The quantitative estimate of drug-likeness (QED) is 0.539. The van der Waals surface area contributed by atoms with Crippen molar-refractivity contribution in [2.45, 2.75) is 13.0 Å². The number of fused-ring (bicyclic) bond motifs is 1. The third-order valence-corrected chi connectivity index (χ3v) is 5.22. The summed E-state index contributed by atoms with van der Waals surface area (Å²) < 4.78 is 17.5. The normalized spacial score (nSPS) is 14.9. The van der Waals surface area contributed by atoms with Crippen LogP contribution < -0.4 is 24.8 Å². The van der Waals surface area contributed by atoms with Crippen LogP contribution in [0.25, 0.3) is 0 Å². The van der Waals surface area contributed by atoms with Gasteiger partial charge < -0.3 is 30.0 Å². The first-order chi connectivity index (χ1) is 15.5. The number of aromatic nitrogens is 3. The molecule has 3 aromatic rings. The Morgan fingerprint density at radius 1 is 1.09 bits per heavy atom. The number of hydrogen-bond acceptors (Lipinski definition) is 8. The predicted molar refractivity (Wildman–Crippen MR) is 117 cm³/mol. The highest BCUT2D eigenvalue weighted by Crippen LogP contribution is 2.39. The summed E-state index contributed by atoms with van der Waals surface area (Å²) in [5, 5.41) is 20.4. The van der Waals surface area contributed by atoms with Gasteiger partial charge in [-0.05, 0) is 36.8 Å². The Bertz CT molecular complexity index is 1200. The maximum absolute atomic E-state index is 13.5. The van der Waals surface area contributed by atoms with Crippen molar-refractivity contribution < 1.29 is 24.1 Å². The number of rotatable bonds is 6. The Balaban J connectivity index is 1.76. The standard InChI is InChI=1S/C22H23N5O5/c1-12-19(21(29)26-15-7-6-14(30-2)10-17(15)31-3)20(27-22(25-12)23-11-24-27)13-5-8-16(28)18(9-13)32-4/h5-11,20,28H,1-4H3,(H,26,29)(H,23,24,25)/t20-/m0/s1. The summed E-state index contributed by atoms with van der Waals surface area (Å²) in [5.74, 6) is 1.50. The van der Waals surface area contributed by atoms with Crippen molar-refractivity contribution in [3.05, 3.63) is 59.6 Å². The maximum atomic E-state index is 13.5. The molecule has 1 amide bonds. The van der Waals surface area contributed by atoms with E-state index >= 15 is 0 Å². The van der Waals surface area contributed by atoms with Crippen LogP contribution in [0.3, 0.4) is 0 Å². The van der Waals surface area contributed by atoms with Crippen molar-refractivity contribution in [1.82, 2.24) is 14.8 Å². The van der Waals surface area contributed by atoms with Gasteiger partial charge in [-0.15, -0.1) is 0 Å². The minimum atomic E-state index is -0.604. The number of aromatic hydroxyl groups is 1. The Labute approximate surface area is 184 Å². The molecule has 0 bridgehead atoms. The van der Waals surface area contributed by atoms with Gasteiger partial charge in [-0.1, -0.05) is 6.07 Å². The molecule has 0 saturated heterocycles. The summed E-state index contributed by atoms with van der Waals surface area (Å²) in [6.45, 7) is 1.79. The lowest BCUT2D eigenvalue weighted by atomic mass is 9.94. The van der Waals surface area contributed by atoms with Crippen molar-refractivity contribution in [2.24, 2.45) is 0 Å². The summed E-state index contributed by atoms with van der Waals surface area (Å²) >= 11 is 0. The molecule has 1 aliphatic heterocycles. The minimum absolute atomic E-state index is 0.00123. The monoisotopic (exact) mass is 437 g/mol. The fourth-order valence-electron chi connectivity index (χ4n) is 3.65. The zero-order chi connectivity index (χ0) is 22.8. The van der Waals surface area contributed by atoms with Crippen LogP contribution in [-0.2, 0) is 4.79 Å². The molecule has 1 aliphatic rings. The Kier molecular flexibility index (Phi) is 5.59. The molecular weight excluding hydrogens is 414 g/mol. The van der Waals surface area contributed by atoms with Crippen molar-refractivity contribution >= 4 is 17.5 Å². The highest BCUT2D eigenvalue weighted by molar-refractivity contribution is 6.06. The lowest BCUT2D eigenvalue weighted by molar-refractivity contribution is -0.113. The zero-order valence-corrected chi connectivity index (χ0v) is 18.0. The number of nitrogens with one attached hydrogen (secondary N) is 2. The van der Waals surface area contributed by atoms with Crippen LogP contribution in [0.5, 0.6) is 23.0 Å². The first kappa shape index (κ1) is 21.0. The van der Waals surface area contributed by atoms with E-state index in [-0.39, 0.29) is 17.4 Å². The third kappa shape index (κ3) is 3.66. The molecule has 10 nitrogen and oxygen atoms in total. The van der Waals surface area contributed by atoms with E-state index in [1.165, 1.54) is 26.6 Å². The molecular formula is C22H23N5O5. The molecule has 3 N–H and O–H groups in total. The summed E-state index contributed by atoms with van der Waals surface area (Å²) in [6, 6.07) is 9.43. The topological polar surface area (TPSA) is 120 Å². The van der Waals surface area contributed by atoms with Gasteiger partial charge >= 0.3 is 0 Å². The fraction of sp³-hybridized carbons (Fsp3) is 0.227. The van der Waals surface area contributed by atoms with E-state index in [1.807, 2.05) is 0 Å². The number of anilines is 2. The molecule has 0 aliphatic carbocycles. The molecule has 0 fully saturated rings. The second kappa shape index (κ2) is 8.50. The summed E-state index contributed by atoms with van der Waals surface area (Å²) in [7, 11) is 4.54. The van der Waals surface area contributed by atoms with Crippen molar-refractivity contribution in [2.75, 3.05) is 32.0 Å². The van der Waals surface area contributed by atoms with Gasteiger partial charge in [0.05, 0.1) is 32.6 Å². The van der Waals surface area contributed by atoms with E-state index in [4.69, 9.17) is 14.2 Å². The van der Waals surface area contributed by atoms with Gasteiger partial charge in [0.15, 0.2) is 11.5 Å². The van der Waals surface area contributed by atoms with Crippen LogP contribution in [0.4, 0.5) is 11.6 Å². The van der Waals surface area contributed by atoms with Crippen LogP contribution in [0, 0.1) is 0 Å². The zero-order valence-electron chi connectivity index (χ0n) is 18.0. The van der Waals surface area contributed by atoms with Crippen LogP contribution in [0.15, 0.2) is 54.0 Å². The highest BCUT2D eigenvalue weighted by atomic mass is 16.5. The first-order valence-corrected chi connectivity index (χ1v) is 9.74. The van der Waals surface area contributed by atoms with E-state index < -0.39 is 6.04 Å². The van der Waals surface area contributed by atoms with E-state index in [2.05, 4.69) is 20.7 Å². The summed E-state index contributed by atoms with van der Waals surface area (Å²) in [6.07, 6.45) is 1.41. The summed E-state index contributed by atoms with van der Waals surface area (Å²) in [5.41, 5.74) is 2.23. The van der Waals surface area contributed by atoms with Crippen molar-refractivity contribution in [3.63, 3.8) is 0 Å². The Morgan fingerprint density at radius 3 is 2.59 bits per heavy atom. The van der Waals surface area contributed by atoms with E-state index in [0.717, 1.165) is 0 Å². The number of benzene rings is 2. The smallest absolute Gasteiger partial charge is 0.255 e. The molecule has 2 aromatic carbocycles. The number of carbonyl (C=O) groups excluding carboxylic acids is 1. The Morgan fingerprint density at radius 2 is 1.88 bits per heavy atom. The van der Waals surface area contributed by atoms with Gasteiger partial charge in [0.1, 0.15) is 23.9 Å². The number of nitrogens with zero attached hydrogens (tertiary/aromatic N) is 3. The minimum Gasteiger partial charge on any atom is -0.504 e. The molecule has 0 unspecified atom stereocenters. The number of ether oxygens (including phenoxy) is 3.